The first-order valence-corrected chi connectivity index (χ1v) is 7.53. The Morgan fingerprint density at radius 1 is 1.32 bits per heavy atom. The van der Waals surface area contributed by atoms with Crippen molar-refractivity contribution in [3.8, 4) is 0 Å². The van der Waals surface area contributed by atoms with Crippen molar-refractivity contribution in [2.75, 3.05) is 23.7 Å². The minimum Gasteiger partial charge on any atom is -0.391 e. The molecule has 0 saturated carbocycles. The minimum atomic E-state index is -0.485. The van der Waals surface area contributed by atoms with Gasteiger partial charge in [0.05, 0.1) is 11.5 Å². The van der Waals surface area contributed by atoms with Crippen LogP contribution in [0.3, 0.4) is 0 Å². The van der Waals surface area contributed by atoms with Crippen LogP contribution in [0.5, 0.6) is 0 Å². The van der Waals surface area contributed by atoms with Crippen molar-refractivity contribution in [2.45, 2.75) is 13.0 Å². The first kappa shape index (κ1) is 18.1. The molecule has 10 heteroatoms. The normalized spacial score (nSPS) is 10.1. The Bertz CT molecular complexity index is 740. The Hall–Kier alpha value is -3.27. The summed E-state index contributed by atoms with van der Waals surface area (Å²) in [4.78, 5) is 28.9. The van der Waals surface area contributed by atoms with Gasteiger partial charge in [0.1, 0.15) is 5.82 Å². The third kappa shape index (κ3) is 5.39. The molecule has 25 heavy (non-hydrogen) atoms. The van der Waals surface area contributed by atoms with E-state index in [1.54, 1.807) is 12.1 Å². The van der Waals surface area contributed by atoms with Crippen LogP contribution < -0.4 is 16.0 Å². The van der Waals surface area contributed by atoms with E-state index in [0.29, 0.717) is 43.0 Å². The number of carbonyl (C=O) groups is 1. The van der Waals surface area contributed by atoms with Gasteiger partial charge in [-0.25, -0.2) is 4.98 Å². The molecule has 1 aromatic heterocycles. The molecule has 10 nitrogen and oxygen atoms in total. The molecular formula is C15H18N6O4. The third-order valence-electron chi connectivity index (χ3n) is 3.22. The number of hydrogen-bond donors (Lipinski definition) is 4. The van der Waals surface area contributed by atoms with Crippen LogP contribution in [0.1, 0.15) is 12.0 Å². The second kappa shape index (κ2) is 9.13. The molecular weight excluding hydrogens is 328 g/mol. The van der Waals surface area contributed by atoms with Crippen molar-refractivity contribution >= 4 is 29.6 Å². The van der Waals surface area contributed by atoms with E-state index in [-0.39, 0.29) is 18.2 Å². The number of nitrogens with zero attached hydrogens (tertiary/aromatic N) is 3. The molecule has 0 atom stereocenters. The molecule has 2 rings (SSSR count). The molecule has 0 aliphatic heterocycles. The van der Waals surface area contributed by atoms with Crippen LogP contribution in [0.15, 0.2) is 30.5 Å². The number of non-ortho nitro benzene ring substituents is 1. The molecule has 0 spiro atoms. The van der Waals surface area contributed by atoms with Crippen molar-refractivity contribution in [2.24, 2.45) is 0 Å². The van der Waals surface area contributed by atoms with Gasteiger partial charge in [-0.2, -0.15) is 4.98 Å². The van der Waals surface area contributed by atoms with Gasteiger partial charge in [0.25, 0.3) is 5.69 Å². The zero-order valence-corrected chi connectivity index (χ0v) is 13.3. The molecule has 0 saturated heterocycles. The second-order valence-corrected chi connectivity index (χ2v) is 5.01. The van der Waals surface area contributed by atoms with Gasteiger partial charge in [-0.05, 0) is 12.5 Å². The third-order valence-corrected chi connectivity index (χ3v) is 3.22. The lowest BCUT2D eigenvalue weighted by molar-refractivity contribution is -0.384. The summed E-state index contributed by atoms with van der Waals surface area (Å²) in [5, 5.41) is 28.7. The maximum Gasteiger partial charge on any atom is 0.271 e. The molecule has 0 bridgehead atoms. The molecule has 0 radical (unpaired) electrons. The number of anilines is 3. The van der Waals surface area contributed by atoms with Gasteiger partial charge in [0.15, 0.2) is 0 Å². The highest BCUT2D eigenvalue weighted by Crippen LogP contribution is 2.21. The van der Waals surface area contributed by atoms with Crippen LogP contribution in [0.25, 0.3) is 0 Å². The number of carbonyl (C=O) groups excluding carboxylic acids is 1. The van der Waals surface area contributed by atoms with Crippen molar-refractivity contribution in [1.82, 2.24) is 15.3 Å². The maximum absolute atomic E-state index is 10.8. The molecule has 1 heterocycles. The predicted octanol–water partition coefficient (Wildman–Crippen LogP) is 1.17. The number of aliphatic hydroxyl groups excluding tert-OH is 1. The molecule has 0 aliphatic rings. The van der Waals surface area contributed by atoms with Gasteiger partial charge in [0.2, 0.25) is 12.4 Å². The van der Waals surface area contributed by atoms with E-state index in [1.165, 1.54) is 18.3 Å². The fourth-order valence-corrected chi connectivity index (χ4v) is 2.02. The Balaban J connectivity index is 2.08. The molecule has 132 valence electrons. The fourth-order valence-electron chi connectivity index (χ4n) is 2.02. The van der Waals surface area contributed by atoms with Gasteiger partial charge >= 0.3 is 0 Å². The summed E-state index contributed by atoms with van der Waals surface area (Å²) >= 11 is 0. The van der Waals surface area contributed by atoms with Crippen LogP contribution in [0.4, 0.5) is 23.1 Å². The Morgan fingerprint density at radius 3 is 2.88 bits per heavy atom. The number of amides is 1. The second-order valence-electron chi connectivity index (χ2n) is 5.01. The molecule has 1 amide bonds. The topological polar surface area (TPSA) is 142 Å². The number of aromatic nitrogens is 2. The number of rotatable bonds is 10. The summed E-state index contributed by atoms with van der Waals surface area (Å²) in [7, 11) is 0. The lowest BCUT2D eigenvalue weighted by Crippen LogP contribution is -2.17. The van der Waals surface area contributed by atoms with Gasteiger partial charge in [0, 0.05) is 42.7 Å². The predicted molar refractivity (Wildman–Crippen MR) is 91.5 cm³/mol. The largest absolute Gasteiger partial charge is 0.391 e. The summed E-state index contributed by atoms with van der Waals surface area (Å²) in [6, 6.07) is 5.99. The van der Waals surface area contributed by atoms with Crippen LogP contribution >= 0.6 is 0 Å². The summed E-state index contributed by atoms with van der Waals surface area (Å²) in [5.74, 6) is 0.697. The smallest absolute Gasteiger partial charge is 0.271 e. The first-order valence-electron chi connectivity index (χ1n) is 7.53. The highest BCUT2D eigenvalue weighted by molar-refractivity contribution is 5.59. The Morgan fingerprint density at radius 2 is 2.16 bits per heavy atom. The lowest BCUT2D eigenvalue weighted by Gasteiger charge is -2.11. The van der Waals surface area contributed by atoms with Gasteiger partial charge in [-0.1, -0.05) is 6.07 Å². The molecule has 2 aromatic rings. The zero-order chi connectivity index (χ0) is 18.1. The summed E-state index contributed by atoms with van der Waals surface area (Å²) in [5.41, 5.74) is 0.957. The number of aliphatic hydroxyl groups is 1. The molecule has 0 unspecified atom stereocenters. The monoisotopic (exact) mass is 346 g/mol. The van der Waals surface area contributed by atoms with E-state index >= 15 is 0 Å². The Kier molecular flexibility index (Phi) is 6.60. The lowest BCUT2D eigenvalue weighted by atomic mass is 10.3. The van der Waals surface area contributed by atoms with Crippen molar-refractivity contribution in [1.29, 1.82) is 0 Å². The van der Waals surface area contributed by atoms with Crippen LogP contribution in [0.2, 0.25) is 0 Å². The van der Waals surface area contributed by atoms with E-state index in [4.69, 9.17) is 0 Å². The first-order chi connectivity index (χ1) is 12.1. The highest BCUT2D eigenvalue weighted by atomic mass is 16.6. The fraction of sp³-hybridized carbons (Fsp3) is 0.267. The number of nitro groups is 1. The van der Waals surface area contributed by atoms with E-state index in [1.807, 2.05) is 0 Å². The summed E-state index contributed by atoms with van der Waals surface area (Å²) < 4.78 is 0. The standard InChI is InChI=1S/C15H18N6O4/c22-9-11-8-18-15(20-14(11)17-6-2-5-16-10-23)19-12-3-1-4-13(7-12)21(24)25/h1,3-4,7-8,10,22H,2,5-6,9H2,(H,16,23)(H2,17,18,19,20). The van der Waals surface area contributed by atoms with Gasteiger partial charge < -0.3 is 21.1 Å². The quantitative estimate of drug-likeness (QED) is 0.217. The summed E-state index contributed by atoms with van der Waals surface area (Å²) in [6.45, 7) is 0.835. The zero-order valence-electron chi connectivity index (χ0n) is 13.3. The Labute approximate surface area is 143 Å². The van der Waals surface area contributed by atoms with Crippen LogP contribution in [-0.4, -0.2) is 39.5 Å². The van der Waals surface area contributed by atoms with Crippen molar-refractivity contribution in [3.63, 3.8) is 0 Å². The van der Waals surface area contributed by atoms with E-state index in [2.05, 4.69) is 25.9 Å². The number of benzene rings is 1. The van der Waals surface area contributed by atoms with Crippen LogP contribution in [-0.2, 0) is 11.4 Å². The average Bonchev–Trinajstić information content (AvgIpc) is 2.62. The molecule has 4 N–H and O–H groups in total. The number of nitro benzene ring substituents is 1. The molecule has 1 aromatic carbocycles. The van der Waals surface area contributed by atoms with E-state index in [9.17, 15) is 20.0 Å². The highest BCUT2D eigenvalue weighted by Gasteiger charge is 2.09. The summed E-state index contributed by atoms with van der Waals surface area (Å²) in [6.07, 6.45) is 2.78. The number of nitrogens with one attached hydrogen (secondary N) is 3. The van der Waals surface area contributed by atoms with Crippen molar-refractivity contribution < 1.29 is 14.8 Å². The molecule has 0 fully saturated rings. The van der Waals surface area contributed by atoms with Gasteiger partial charge in [-0.15, -0.1) is 0 Å². The molecule has 0 aliphatic carbocycles. The SMILES string of the molecule is O=CNCCCNc1nc(Nc2cccc([N+](=O)[O-])c2)ncc1CO. The average molecular weight is 346 g/mol. The van der Waals surface area contributed by atoms with Gasteiger partial charge in [-0.3, -0.25) is 14.9 Å². The van der Waals surface area contributed by atoms with Crippen LogP contribution in [0, 0.1) is 10.1 Å². The maximum atomic E-state index is 10.8. The van der Waals surface area contributed by atoms with E-state index in [0.717, 1.165) is 0 Å². The van der Waals surface area contributed by atoms with Crippen molar-refractivity contribution in [3.05, 3.63) is 46.1 Å². The number of hydrogen-bond acceptors (Lipinski definition) is 8. The minimum absolute atomic E-state index is 0.0435. The van der Waals surface area contributed by atoms with E-state index < -0.39 is 4.92 Å².